The van der Waals surface area contributed by atoms with Crippen molar-refractivity contribution in [2.45, 2.75) is 51.2 Å². The number of aromatic amines is 1. The number of hydrogen-bond acceptors (Lipinski definition) is 5. The van der Waals surface area contributed by atoms with Crippen LogP contribution in [0.5, 0.6) is 5.75 Å². The molecule has 1 aromatic carbocycles. The molecule has 7 heteroatoms. The van der Waals surface area contributed by atoms with Crippen LogP contribution in [0, 0.1) is 0 Å². The lowest BCUT2D eigenvalue weighted by Crippen LogP contribution is -2.30. The molecule has 0 spiro atoms. The number of benzene rings is 1. The first kappa shape index (κ1) is 17.4. The zero-order valence-corrected chi connectivity index (χ0v) is 16.3. The van der Waals surface area contributed by atoms with Gasteiger partial charge in [0.1, 0.15) is 18.4 Å². The Balaban J connectivity index is 1.33. The summed E-state index contributed by atoms with van der Waals surface area (Å²) in [5, 5.41) is 12.2. The lowest BCUT2D eigenvalue weighted by Gasteiger charge is -2.30. The molecular formula is C21H26N6O. The smallest absolute Gasteiger partial charge is 0.137 e. The quantitative estimate of drug-likeness (QED) is 0.714. The molecule has 0 amide bonds. The first-order valence-electron chi connectivity index (χ1n) is 10.1. The number of methoxy groups -OCH3 is 1. The molecule has 1 N–H and O–H groups in total. The molecule has 1 saturated carbocycles. The van der Waals surface area contributed by atoms with Gasteiger partial charge in [-0.2, -0.15) is 10.2 Å². The van der Waals surface area contributed by atoms with Gasteiger partial charge in [0.15, 0.2) is 0 Å². The third-order valence-electron chi connectivity index (χ3n) is 6.09. The minimum atomic E-state index is 0.661. The standard InChI is InChI=1S/C21H26N6O/c1-28-20-6-5-15(9-17(20)11-27-14-22-13-23-27)10-26-8-7-19-18(12-26)21(25-24-19)16-3-2-4-16/h5-6,9,13-14,16H,2-4,7-8,10-12H2,1H3,(H,24,25). The van der Waals surface area contributed by atoms with E-state index in [0.29, 0.717) is 12.5 Å². The van der Waals surface area contributed by atoms with E-state index in [-0.39, 0.29) is 0 Å². The Bertz CT molecular complexity index is 944. The Labute approximate surface area is 164 Å². The maximum absolute atomic E-state index is 5.55. The fourth-order valence-electron chi connectivity index (χ4n) is 4.33. The van der Waals surface area contributed by atoms with E-state index in [9.17, 15) is 0 Å². The number of rotatable bonds is 6. The number of ether oxygens (including phenoxy) is 1. The summed E-state index contributed by atoms with van der Waals surface area (Å²) in [6.07, 6.45) is 8.28. The van der Waals surface area contributed by atoms with Crippen molar-refractivity contribution in [1.82, 2.24) is 29.9 Å². The average Bonchev–Trinajstić information content (AvgIpc) is 3.31. The molecule has 2 aliphatic rings. The molecule has 5 rings (SSSR count). The van der Waals surface area contributed by atoms with E-state index in [1.807, 2.05) is 4.68 Å². The van der Waals surface area contributed by atoms with Crippen LogP contribution in [0.3, 0.4) is 0 Å². The molecule has 0 bridgehead atoms. The highest BCUT2D eigenvalue weighted by Gasteiger charge is 2.29. The van der Waals surface area contributed by atoms with E-state index in [4.69, 9.17) is 4.74 Å². The Morgan fingerprint density at radius 3 is 2.93 bits per heavy atom. The maximum Gasteiger partial charge on any atom is 0.137 e. The van der Waals surface area contributed by atoms with Crippen LogP contribution < -0.4 is 4.74 Å². The van der Waals surface area contributed by atoms with Crippen molar-refractivity contribution in [2.75, 3.05) is 13.7 Å². The molecule has 3 aromatic rings. The Morgan fingerprint density at radius 2 is 2.18 bits per heavy atom. The highest BCUT2D eigenvalue weighted by Crippen LogP contribution is 2.39. The molecule has 146 valence electrons. The summed E-state index contributed by atoms with van der Waals surface area (Å²) >= 11 is 0. The minimum absolute atomic E-state index is 0.661. The van der Waals surface area contributed by atoms with Crippen molar-refractivity contribution < 1.29 is 4.74 Å². The first-order chi connectivity index (χ1) is 13.8. The molecule has 3 heterocycles. The lowest BCUT2D eigenvalue weighted by molar-refractivity contribution is 0.242. The molecule has 0 unspecified atom stereocenters. The van der Waals surface area contributed by atoms with E-state index in [1.165, 1.54) is 41.8 Å². The average molecular weight is 378 g/mol. The Morgan fingerprint density at radius 1 is 1.25 bits per heavy atom. The SMILES string of the molecule is COc1ccc(CN2CCc3[nH]nc(C4CCC4)c3C2)cc1Cn1cncn1. The van der Waals surface area contributed by atoms with Crippen LogP contribution in [-0.2, 0) is 26.1 Å². The second kappa shape index (κ2) is 7.39. The molecule has 0 atom stereocenters. The molecule has 7 nitrogen and oxygen atoms in total. The van der Waals surface area contributed by atoms with E-state index < -0.39 is 0 Å². The van der Waals surface area contributed by atoms with Crippen LogP contribution in [0.25, 0.3) is 0 Å². The van der Waals surface area contributed by atoms with Crippen molar-refractivity contribution in [2.24, 2.45) is 0 Å². The predicted molar refractivity (Wildman–Crippen MR) is 105 cm³/mol. The fourth-order valence-corrected chi connectivity index (χ4v) is 4.33. The van der Waals surface area contributed by atoms with Crippen molar-refractivity contribution in [1.29, 1.82) is 0 Å². The van der Waals surface area contributed by atoms with Crippen LogP contribution in [-0.4, -0.2) is 43.5 Å². The number of fused-ring (bicyclic) bond motifs is 1. The van der Waals surface area contributed by atoms with Gasteiger partial charge in [-0.3, -0.25) is 10.00 Å². The molecule has 1 aliphatic heterocycles. The van der Waals surface area contributed by atoms with Crippen LogP contribution in [0.15, 0.2) is 30.9 Å². The Kier molecular flexibility index (Phi) is 4.60. The molecule has 0 radical (unpaired) electrons. The van der Waals surface area contributed by atoms with Gasteiger partial charge in [-0.05, 0) is 30.5 Å². The van der Waals surface area contributed by atoms with Gasteiger partial charge in [-0.15, -0.1) is 0 Å². The van der Waals surface area contributed by atoms with Crippen LogP contribution >= 0.6 is 0 Å². The van der Waals surface area contributed by atoms with E-state index in [0.717, 1.165) is 37.4 Å². The molecular weight excluding hydrogens is 352 g/mol. The summed E-state index contributed by atoms with van der Waals surface area (Å²) in [4.78, 5) is 6.56. The first-order valence-corrected chi connectivity index (χ1v) is 10.1. The molecule has 2 aromatic heterocycles. The van der Waals surface area contributed by atoms with Crippen LogP contribution in [0.1, 0.15) is 53.3 Å². The fraction of sp³-hybridized carbons (Fsp3) is 0.476. The van der Waals surface area contributed by atoms with Gasteiger partial charge in [0.25, 0.3) is 0 Å². The van der Waals surface area contributed by atoms with Crippen molar-refractivity contribution in [3.05, 3.63) is 58.9 Å². The molecule has 1 fully saturated rings. The monoisotopic (exact) mass is 378 g/mol. The zero-order chi connectivity index (χ0) is 18.9. The maximum atomic E-state index is 5.55. The largest absolute Gasteiger partial charge is 0.496 e. The van der Waals surface area contributed by atoms with E-state index >= 15 is 0 Å². The molecule has 0 saturated heterocycles. The number of H-pyrrole nitrogens is 1. The summed E-state index contributed by atoms with van der Waals surface area (Å²) in [6, 6.07) is 6.47. The number of nitrogens with zero attached hydrogens (tertiary/aromatic N) is 5. The Hall–Kier alpha value is -2.67. The number of nitrogens with one attached hydrogen (secondary N) is 1. The predicted octanol–water partition coefficient (Wildman–Crippen LogP) is 2.88. The van der Waals surface area contributed by atoms with Gasteiger partial charge < -0.3 is 4.74 Å². The van der Waals surface area contributed by atoms with Gasteiger partial charge in [0, 0.05) is 48.8 Å². The minimum Gasteiger partial charge on any atom is -0.496 e. The normalized spacial score (nSPS) is 17.3. The number of hydrogen-bond donors (Lipinski definition) is 1. The summed E-state index contributed by atoms with van der Waals surface area (Å²) in [5.41, 5.74) is 6.55. The van der Waals surface area contributed by atoms with Crippen LogP contribution in [0.4, 0.5) is 0 Å². The topological polar surface area (TPSA) is 71.9 Å². The lowest BCUT2D eigenvalue weighted by atomic mass is 9.81. The summed E-state index contributed by atoms with van der Waals surface area (Å²) in [7, 11) is 1.72. The molecule has 1 aliphatic carbocycles. The second-order valence-electron chi connectivity index (χ2n) is 7.89. The zero-order valence-electron chi connectivity index (χ0n) is 16.3. The van der Waals surface area contributed by atoms with Gasteiger partial charge in [-0.25, -0.2) is 9.67 Å². The van der Waals surface area contributed by atoms with Crippen molar-refractivity contribution in [3.8, 4) is 5.75 Å². The van der Waals surface area contributed by atoms with Gasteiger partial charge in [0.05, 0.1) is 19.3 Å². The van der Waals surface area contributed by atoms with Gasteiger partial charge >= 0.3 is 0 Å². The van der Waals surface area contributed by atoms with Crippen LogP contribution in [0.2, 0.25) is 0 Å². The highest BCUT2D eigenvalue weighted by molar-refractivity contribution is 5.38. The second-order valence-corrected chi connectivity index (χ2v) is 7.89. The summed E-state index contributed by atoms with van der Waals surface area (Å²) < 4.78 is 7.37. The van der Waals surface area contributed by atoms with Crippen molar-refractivity contribution in [3.63, 3.8) is 0 Å². The van der Waals surface area contributed by atoms with Gasteiger partial charge in [0.2, 0.25) is 0 Å². The number of aromatic nitrogens is 5. The summed E-state index contributed by atoms with van der Waals surface area (Å²) in [5.74, 6) is 1.57. The van der Waals surface area contributed by atoms with E-state index in [1.54, 1.807) is 19.8 Å². The molecule has 28 heavy (non-hydrogen) atoms. The van der Waals surface area contributed by atoms with E-state index in [2.05, 4.69) is 43.4 Å². The van der Waals surface area contributed by atoms with Crippen molar-refractivity contribution >= 4 is 0 Å². The third kappa shape index (κ3) is 3.30. The van der Waals surface area contributed by atoms with Gasteiger partial charge in [-0.1, -0.05) is 12.5 Å². The highest BCUT2D eigenvalue weighted by atomic mass is 16.5. The summed E-state index contributed by atoms with van der Waals surface area (Å²) in [6.45, 7) is 3.64. The third-order valence-corrected chi connectivity index (χ3v) is 6.09.